The highest BCUT2D eigenvalue weighted by Gasteiger charge is 2.18. The Hall–Kier alpha value is -3.67. The van der Waals surface area contributed by atoms with E-state index in [9.17, 15) is 14.4 Å². The Balaban J connectivity index is 1.49. The number of fused-ring (bicyclic) bond motifs is 1. The third kappa shape index (κ3) is 5.42. The molecule has 0 heterocycles. The second-order valence-corrected chi connectivity index (χ2v) is 6.73. The summed E-state index contributed by atoms with van der Waals surface area (Å²) < 4.78 is 5.11. The van der Waals surface area contributed by atoms with E-state index in [1.54, 1.807) is 18.2 Å². The lowest BCUT2D eigenvalue weighted by Gasteiger charge is -2.14. The van der Waals surface area contributed by atoms with E-state index in [0.717, 1.165) is 16.3 Å². The number of aryl methyl sites for hydroxylation is 1. The predicted molar refractivity (Wildman–Crippen MR) is 112 cm³/mol. The molecule has 3 aromatic rings. The van der Waals surface area contributed by atoms with E-state index in [0.29, 0.717) is 11.3 Å². The molecule has 0 aliphatic rings. The Morgan fingerprint density at radius 3 is 2.34 bits per heavy atom. The average Bonchev–Trinajstić information content (AvgIpc) is 2.72. The number of amides is 2. The Morgan fingerprint density at radius 2 is 1.62 bits per heavy atom. The second-order valence-electron chi connectivity index (χ2n) is 6.73. The van der Waals surface area contributed by atoms with Gasteiger partial charge < -0.3 is 15.4 Å². The first-order valence-corrected chi connectivity index (χ1v) is 9.26. The number of benzene rings is 3. The van der Waals surface area contributed by atoms with Gasteiger partial charge in [-0.25, -0.2) is 0 Å². The number of hydrogen-bond acceptors (Lipinski definition) is 4. The number of ether oxygens (including phenoxy) is 1. The van der Waals surface area contributed by atoms with Crippen LogP contribution in [-0.4, -0.2) is 30.4 Å². The molecule has 6 nitrogen and oxygen atoms in total. The van der Waals surface area contributed by atoms with Gasteiger partial charge in [0.25, 0.3) is 11.8 Å². The lowest BCUT2D eigenvalue weighted by molar-refractivity contribution is -0.152. The van der Waals surface area contributed by atoms with Gasteiger partial charge in [-0.15, -0.1) is 0 Å². The lowest BCUT2D eigenvalue weighted by atomic mass is 10.1. The van der Waals surface area contributed by atoms with Crippen molar-refractivity contribution in [2.45, 2.75) is 20.0 Å². The third-order valence-electron chi connectivity index (χ3n) is 4.40. The second kappa shape index (κ2) is 9.01. The molecule has 0 unspecified atom stereocenters. The summed E-state index contributed by atoms with van der Waals surface area (Å²) in [4.78, 5) is 36.3. The SMILES string of the molecule is Cc1ccc(C(=O)NCC(=O)O[C@H](C)C(=O)Nc2ccc3ccccc3c2)cc1. The molecule has 0 aromatic heterocycles. The molecule has 0 bridgehead atoms. The van der Waals surface area contributed by atoms with Crippen molar-refractivity contribution >= 4 is 34.2 Å². The smallest absolute Gasteiger partial charge is 0.326 e. The molecule has 2 amide bonds. The van der Waals surface area contributed by atoms with Crippen molar-refractivity contribution in [2.75, 3.05) is 11.9 Å². The van der Waals surface area contributed by atoms with Gasteiger partial charge in [-0.05, 0) is 48.9 Å². The van der Waals surface area contributed by atoms with Crippen molar-refractivity contribution in [1.29, 1.82) is 0 Å². The first-order valence-electron chi connectivity index (χ1n) is 9.26. The maximum atomic E-state index is 12.3. The van der Waals surface area contributed by atoms with Gasteiger partial charge >= 0.3 is 5.97 Å². The summed E-state index contributed by atoms with van der Waals surface area (Å²) in [5.41, 5.74) is 2.10. The molecule has 6 heteroatoms. The highest BCUT2D eigenvalue weighted by atomic mass is 16.5. The Morgan fingerprint density at radius 1 is 0.931 bits per heavy atom. The van der Waals surface area contributed by atoms with Crippen LogP contribution in [0.15, 0.2) is 66.7 Å². The monoisotopic (exact) mass is 390 g/mol. The van der Waals surface area contributed by atoms with E-state index in [1.165, 1.54) is 6.92 Å². The standard InChI is InChI=1S/C23H22N2O4/c1-15-7-9-18(10-8-15)23(28)24-14-21(26)29-16(2)22(27)25-20-12-11-17-5-3-4-6-19(17)13-20/h3-13,16H,14H2,1-2H3,(H,24,28)(H,25,27)/t16-/m1/s1. The molecule has 29 heavy (non-hydrogen) atoms. The molecule has 0 aliphatic heterocycles. The fourth-order valence-electron chi connectivity index (χ4n) is 2.76. The van der Waals surface area contributed by atoms with Crippen molar-refractivity contribution < 1.29 is 19.1 Å². The summed E-state index contributed by atoms with van der Waals surface area (Å²) in [7, 11) is 0. The Labute approximate surface area is 168 Å². The van der Waals surface area contributed by atoms with Crippen LogP contribution in [0.25, 0.3) is 10.8 Å². The largest absolute Gasteiger partial charge is 0.451 e. The zero-order chi connectivity index (χ0) is 20.8. The summed E-state index contributed by atoms with van der Waals surface area (Å²) in [6.45, 7) is 3.08. The first kappa shape index (κ1) is 20.1. The zero-order valence-electron chi connectivity index (χ0n) is 16.3. The molecule has 0 saturated heterocycles. The molecule has 0 radical (unpaired) electrons. The third-order valence-corrected chi connectivity index (χ3v) is 4.40. The number of hydrogen-bond donors (Lipinski definition) is 2. The number of esters is 1. The van der Waals surface area contributed by atoms with Crippen LogP contribution in [0.3, 0.4) is 0 Å². The Kier molecular flexibility index (Phi) is 6.24. The topological polar surface area (TPSA) is 84.5 Å². The van der Waals surface area contributed by atoms with Crippen LogP contribution in [-0.2, 0) is 14.3 Å². The van der Waals surface area contributed by atoms with Gasteiger partial charge in [-0.1, -0.05) is 48.0 Å². The van der Waals surface area contributed by atoms with Crippen LogP contribution in [0.2, 0.25) is 0 Å². The molecule has 3 rings (SSSR count). The van der Waals surface area contributed by atoms with E-state index in [2.05, 4.69) is 10.6 Å². The summed E-state index contributed by atoms with van der Waals surface area (Å²) in [6, 6.07) is 20.3. The van der Waals surface area contributed by atoms with Gasteiger partial charge in [0, 0.05) is 11.3 Å². The van der Waals surface area contributed by atoms with E-state index < -0.39 is 18.0 Å². The number of anilines is 1. The average molecular weight is 390 g/mol. The van der Waals surface area contributed by atoms with Crippen molar-refractivity contribution in [2.24, 2.45) is 0 Å². The highest BCUT2D eigenvalue weighted by molar-refractivity contribution is 5.98. The van der Waals surface area contributed by atoms with E-state index >= 15 is 0 Å². The van der Waals surface area contributed by atoms with Crippen LogP contribution in [0.4, 0.5) is 5.69 Å². The molecule has 2 N–H and O–H groups in total. The van der Waals surface area contributed by atoms with Crippen molar-refractivity contribution in [3.63, 3.8) is 0 Å². The van der Waals surface area contributed by atoms with Gasteiger partial charge in [0.1, 0.15) is 6.54 Å². The van der Waals surface area contributed by atoms with Crippen LogP contribution < -0.4 is 10.6 Å². The van der Waals surface area contributed by atoms with Crippen LogP contribution in [0, 0.1) is 6.92 Å². The minimum atomic E-state index is -0.995. The summed E-state index contributed by atoms with van der Waals surface area (Å²) in [5, 5.41) is 7.28. The summed E-state index contributed by atoms with van der Waals surface area (Å²) >= 11 is 0. The molecular weight excluding hydrogens is 368 g/mol. The van der Waals surface area contributed by atoms with Crippen molar-refractivity contribution in [3.05, 3.63) is 77.9 Å². The molecule has 0 fully saturated rings. The number of nitrogens with one attached hydrogen (secondary N) is 2. The van der Waals surface area contributed by atoms with Gasteiger partial charge in [0.2, 0.25) is 0 Å². The molecule has 148 valence electrons. The van der Waals surface area contributed by atoms with Crippen LogP contribution in [0.1, 0.15) is 22.8 Å². The molecule has 0 spiro atoms. The number of carbonyl (C=O) groups is 3. The zero-order valence-corrected chi connectivity index (χ0v) is 16.3. The van der Waals surface area contributed by atoms with Crippen molar-refractivity contribution in [3.8, 4) is 0 Å². The lowest BCUT2D eigenvalue weighted by Crippen LogP contribution is -2.35. The van der Waals surface area contributed by atoms with E-state index in [-0.39, 0.29) is 12.5 Å². The number of rotatable bonds is 6. The summed E-state index contributed by atoms with van der Waals surface area (Å²) in [6.07, 6.45) is -0.995. The highest BCUT2D eigenvalue weighted by Crippen LogP contribution is 2.19. The van der Waals surface area contributed by atoms with Gasteiger partial charge in [-0.2, -0.15) is 0 Å². The normalized spacial score (nSPS) is 11.5. The first-order chi connectivity index (χ1) is 13.9. The number of carbonyl (C=O) groups excluding carboxylic acids is 3. The maximum absolute atomic E-state index is 12.3. The molecule has 0 aliphatic carbocycles. The molecule has 1 atom stereocenters. The van der Waals surface area contributed by atoms with Gasteiger partial charge in [-0.3, -0.25) is 14.4 Å². The van der Waals surface area contributed by atoms with Crippen molar-refractivity contribution in [1.82, 2.24) is 5.32 Å². The van der Waals surface area contributed by atoms with E-state index in [1.807, 2.05) is 55.5 Å². The van der Waals surface area contributed by atoms with E-state index in [4.69, 9.17) is 4.74 Å². The fraction of sp³-hybridized carbons (Fsp3) is 0.174. The molecule has 3 aromatic carbocycles. The quantitative estimate of drug-likeness (QED) is 0.632. The Bertz CT molecular complexity index is 1040. The predicted octanol–water partition coefficient (Wildman–Crippen LogP) is 3.45. The minimum Gasteiger partial charge on any atom is -0.451 e. The minimum absolute atomic E-state index is 0.319. The molecule has 0 saturated carbocycles. The summed E-state index contributed by atoms with van der Waals surface area (Å²) in [5.74, 6) is -1.51. The fourth-order valence-corrected chi connectivity index (χ4v) is 2.76. The van der Waals surface area contributed by atoms with Gasteiger partial charge in [0.15, 0.2) is 6.10 Å². The maximum Gasteiger partial charge on any atom is 0.326 e. The van der Waals surface area contributed by atoms with Crippen LogP contribution in [0.5, 0.6) is 0 Å². The molecular formula is C23H22N2O4. The van der Waals surface area contributed by atoms with Crippen LogP contribution >= 0.6 is 0 Å². The van der Waals surface area contributed by atoms with Gasteiger partial charge in [0.05, 0.1) is 0 Å².